The molecule has 0 amide bonds. The zero-order valence-corrected chi connectivity index (χ0v) is 10.4. The van der Waals surface area contributed by atoms with Crippen molar-refractivity contribution in [3.8, 4) is 0 Å². The fraction of sp³-hybridized carbons (Fsp3) is 0.667. The van der Waals surface area contributed by atoms with Crippen LogP contribution in [0.25, 0.3) is 0 Å². The number of alkyl halides is 1. The Bertz CT molecular complexity index is 384. The minimum Gasteiger partial charge on any atom is -0.367 e. The number of morpholine rings is 1. The highest BCUT2D eigenvalue weighted by Gasteiger charge is 2.33. The summed E-state index contributed by atoms with van der Waals surface area (Å²) in [6.07, 6.45) is 6.14. The Morgan fingerprint density at radius 2 is 2.24 bits per heavy atom. The smallest absolute Gasteiger partial charge is 0.158 e. The van der Waals surface area contributed by atoms with Crippen molar-refractivity contribution in [2.45, 2.75) is 30.9 Å². The van der Waals surface area contributed by atoms with Gasteiger partial charge in [0.1, 0.15) is 6.10 Å². The first-order valence-corrected chi connectivity index (χ1v) is 6.62. The molecule has 0 aliphatic carbocycles. The zero-order chi connectivity index (χ0) is 11.7. The second-order valence-electron chi connectivity index (χ2n) is 4.70. The van der Waals surface area contributed by atoms with E-state index in [1.165, 1.54) is 19.4 Å². The van der Waals surface area contributed by atoms with Gasteiger partial charge in [-0.15, -0.1) is 11.6 Å². The van der Waals surface area contributed by atoms with Crippen molar-refractivity contribution < 1.29 is 4.74 Å². The van der Waals surface area contributed by atoms with Gasteiger partial charge in [0.2, 0.25) is 0 Å². The van der Waals surface area contributed by atoms with Crippen LogP contribution >= 0.6 is 11.6 Å². The van der Waals surface area contributed by atoms with Gasteiger partial charge in [-0.3, -0.25) is 4.90 Å². The molecule has 4 nitrogen and oxygen atoms in total. The highest BCUT2D eigenvalue weighted by Crippen LogP contribution is 2.28. The summed E-state index contributed by atoms with van der Waals surface area (Å²) >= 11 is 5.72. The Hall–Kier alpha value is -0.710. The molecular formula is C12H16ClN3O. The van der Waals surface area contributed by atoms with Crippen molar-refractivity contribution in [2.75, 3.05) is 19.7 Å². The molecule has 0 saturated carbocycles. The average Bonchev–Trinajstić information content (AvgIpc) is 2.86. The Labute approximate surface area is 106 Å². The van der Waals surface area contributed by atoms with Crippen LogP contribution in [0.1, 0.15) is 30.3 Å². The van der Waals surface area contributed by atoms with Gasteiger partial charge >= 0.3 is 0 Å². The van der Waals surface area contributed by atoms with E-state index in [2.05, 4.69) is 14.9 Å². The summed E-state index contributed by atoms with van der Waals surface area (Å²) in [6.45, 7) is 2.92. The van der Waals surface area contributed by atoms with Crippen molar-refractivity contribution >= 4 is 11.6 Å². The van der Waals surface area contributed by atoms with E-state index in [0.29, 0.717) is 11.9 Å². The third-order valence-electron chi connectivity index (χ3n) is 3.56. The summed E-state index contributed by atoms with van der Waals surface area (Å²) in [6, 6.07) is 0.619. The molecule has 1 aromatic heterocycles. The standard InChI is InChI=1S/C12H16ClN3O/c13-4-9-5-14-12(15-6-9)11-7-16-3-1-2-10(16)8-17-11/h5-6,10-11H,1-4,7-8H2. The maximum atomic E-state index is 5.85. The molecule has 5 heteroatoms. The van der Waals surface area contributed by atoms with Gasteiger partial charge in [-0.05, 0) is 19.4 Å². The van der Waals surface area contributed by atoms with Crippen LogP contribution in [0, 0.1) is 0 Å². The van der Waals surface area contributed by atoms with Crippen LogP contribution in [0.4, 0.5) is 0 Å². The first-order valence-electron chi connectivity index (χ1n) is 6.09. The van der Waals surface area contributed by atoms with Crippen LogP contribution in [0.5, 0.6) is 0 Å². The second-order valence-corrected chi connectivity index (χ2v) is 4.96. The van der Waals surface area contributed by atoms with Gasteiger partial charge in [0, 0.05) is 30.5 Å². The number of rotatable bonds is 2. The van der Waals surface area contributed by atoms with E-state index < -0.39 is 0 Å². The lowest BCUT2D eigenvalue weighted by Crippen LogP contribution is -2.42. The molecular weight excluding hydrogens is 238 g/mol. The number of hydrogen-bond donors (Lipinski definition) is 0. The Kier molecular flexibility index (Phi) is 3.27. The number of halogens is 1. The van der Waals surface area contributed by atoms with Crippen LogP contribution < -0.4 is 0 Å². The lowest BCUT2D eigenvalue weighted by molar-refractivity contribution is -0.0541. The van der Waals surface area contributed by atoms with Gasteiger partial charge in [0.05, 0.1) is 12.5 Å². The SMILES string of the molecule is ClCc1cnc(C2CN3CCCC3CO2)nc1. The maximum absolute atomic E-state index is 5.85. The topological polar surface area (TPSA) is 38.2 Å². The third kappa shape index (κ3) is 2.30. The predicted molar refractivity (Wildman–Crippen MR) is 64.9 cm³/mol. The zero-order valence-electron chi connectivity index (χ0n) is 9.68. The summed E-state index contributed by atoms with van der Waals surface area (Å²) in [5.41, 5.74) is 0.949. The van der Waals surface area contributed by atoms with Crippen LogP contribution in [0.15, 0.2) is 12.4 Å². The molecule has 0 N–H and O–H groups in total. The average molecular weight is 254 g/mol. The monoisotopic (exact) mass is 253 g/mol. The fourth-order valence-corrected chi connectivity index (χ4v) is 2.71. The minimum absolute atomic E-state index is 0.0220. The van der Waals surface area contributed by atoms with Gasteiger partial charge in [-0.2, -0.15) is 0 Å². The van der Waals surface area contributed by atoms with Crippen LogP contribution in [-0.2, 0) is 10.6 Å². The Balaban J connectivity index is 1.71. The molecule has 0 radical (unpaired) electrons. The van der Waals surface area contributed by atoms with E-state index in [-0.39, 0.29) is 6.10 Å². The molecule has 3 rings (SSSR count). The summed E-state index contributed by atoms with van der Waals surface area (Å²) in [7, 11) is 0. The van der Waals surface area contributed by atoms with Crippen LogP contribution in [-0.4, -0.2) is 40.6 Å². The highest BCUT2D eigenvalue weighted by molar-refractivity contribution is 6.17. The fourth-order valence-electron chi connectivity index (χ4n) is 2.57. The third-order valence-corrected chi connectivity index (χ3v) is 3.87. The van der Waals surface area contributed by atoms with Crippen molar-refractivity contribution in [1.82, 2.24) is 14.9 Å². The number of fused-ring (bicyclic) bond motifs is 1. The number of aromatic nitrogens is 2. The first-order chi connectivity index (χ1) is 8.36. The summed E-state index contributed by atoms with van der Waals surface area (Å²) in [5.74, 6) is 1.24. The molecule has 1 aromatic rings. The summed E-state index contributed by atoms with van der Waals surface area (Å²) in [4.78, 5) is 11.2. The van der Waals surface area contributed by atoms with Gasteiger partial charge in [-0.1, -0.05) is 0 Å². The van der Waals surface area contributed by atoms with Gasteiger partial charge in [0.15, 0.2) is 5.82 Å². The number of ether oxygens (including phenoxy) is 1. The van der Waals surface area contributed by atoms with Crippen molar-refractivity contribution in [1.29, 1.82) is 0 Å². The predicted octanol–water partition coefficient (Wildman–Crippen LogP) is 1.75. The normalized spacial score (nSPS) is 29.2. The van der Waals surface area contributed by atoms with E-state index >= 15 is 0 Å². The highest BCUT2D eigenvalue weighted by atomic mass is 35.5. The Morgan fingerprint density at radius 1 is 1.41 bits per heavy atom. The van der Waals surface area contributed by atoms with E-state index in [1.54, 1.807) is 12.4 Å². The molecule has 2 atom stereocenters. The quantitative estimate of drug-likeness (QED) is 0.753. The summed E-state index contributed by atoms with van der Waals surface area (Å²) in [5, 5.41) is 0. The minimum atomic E-state index is 0.0220. The summed E-state index contributed by atoms with van der Waals surface area (Å²) < 4.78 is 5.85. The molecule has 0 aromatic carbocycles. The number of hydrogen-bond acceptors (Lipinski definition) is 4. The van der Waals surface area contributed by atoms with Gasteiger partial charge < -0.3 is 4.74 Å². The first kappa shape index (κ1) is 11.4. The van der Waals surface area contributed by atoms with E-state index in [9.17, 15) is 0 Å². The molecule has 2 unspecified atom stereocenters. The molecule has 17 heavy (non-hydrogen) atoms. The van der Waals surface area contributed by atoms with Crippen LogP contribution in [0.3, 0.4) is 0 Å². The largest absolute Gasteiger partial charge is 0.367 e. The molecule has 3 heterocycles. The Morgan fingerprint density at radius 3 is 3.00 bits per heavy atom. The number of nitrogens with zero attached hydrogens (tertiary/aromatic N) is 3. The van der Waals surface area contributed by atoms with E-state index in [1.807, 2.05) is 0 Å². The lowest BCUT2D eigenvalue weighted by atomic mass is 10.2. The van der Waals surface area contributed by atoms with Crippen molar-refractivity contribution in [2.24, 2.45) is 0 Å². The molecule has 92 valence electrons. The molecule has 2 saturated heterocycles. The van der Waals surface area contributed by atoms with E-state index in [4.69, 9.17) is 16.3 Å². The van der Waals surface area contributed by atoms with Crippen LogP contribution in [0.2, 0.25) is 0 Å². The molecule has 0 spiro atoms. The van der Waals surface area contributed by atoms with Gasteiger partial charge in [-0.25, -0.2) is 9.97 Å². The maximum Gasteiger partial charge on any atom is 0.158 e. The molecule has 2 fully saturated rings. The van der Waals surface area contributed by atoms with Crippen molar-refractivity contribution in [3.05, 3.63) is 23.8 Å². The van der Waals surface area contributed by atoms with Crippen molar-refractivity contribution in [3.63, 3.8) is 0 Å². The second kappa shape index (κ2) is 4.88. The molecule has 0 bridgehead atoms. The lowest BCUT2D eigenvalue weighted by Gasteiger charge is -2.34. The molecule has 2 aliphatic rings. The molecule has 2 aliphatic heterocycles. The van der Waals surface area contributed by atoms with Gasteiger partial charge in [0.25, 0.3) is 0 Å². The van der Waals surface area contributed by atoms with E-state index in [0.717, 1.165) is 24.5 Å².